The smallest absolute Gasteiger partial charge is 0.244 e. The number of benzene rings is 1. The molecule has 0 unspecified atom stereocenters. The Kier molecular flexibility index (Phi) is 6.86. The molecule has 1 aromatic carbocycles. The van der Waals surface area contributed by atoms with E-state index in [0.29, 0.717) is 24.1 Å². The molecule has 0 atom stereocenters. The molecule has 0 radical (unpaired) electrons. The third kappa shape index (κ3) is 5.03. The zero-order valence-corrected chi connectivity index (χ0v) is 16.6. The van der Waals surface area contributed by atoms with Gasteiger partial charge in [0.1, 0.15) is 0 Å². The number of halogens is 2. The molecule has 0 spiro atoms. The maximum atomic E-state index is 12.9. The highest BCUT2D eigenvalue weighted by Crippen LogP contribution is 2.30. The van der Waals surface area contributed by atoms with E-state index in [-0.39, 0.29) is 10.3 Å². The van der Waals surface area contributed by atoms with E-state index in [2.05, 4.69) is 31.9 Å². The second kappa shape index (κ2) is 7.55. The predicted molar refractivity (Wildman–Crippen MR) is 93.7 cm³/mol. The summed E-state index contributed by atoms with van der Waals surface area (Å²) in [7, 11) is -3.56. The van der Waals surface area contributed by atoms with Crippen molar-refractivity contribution >= 4 is 41.9 Å². The van der Waals surface area contributed by atoms with Gasteiger partial charge in [-0.25, -0.2) is 8.42 Å². The van der Waals surface area contributed by atoms with E-state index in [9.17, 15) is 8.42 Å². The molecule has 7 heteroatoms. The van der Waals surface area contributed by atoms with Gasteiger partial charge in [-0.15, -0.1) is 0 Å². The normalized spacial score (nSPS) is 12.9. The lowest BCUT2D eigenvalue weighted by molar-refractivity contribution is 0.266. The summed E-state index contributed by atoms with van der Waals surface area (Å²) in [6.07, 6.45) is 0.755. The Bertz CT molecular complexity index is 589. The highest BCUT2D eigenvalue weighted by atomic mass is 79.9. The topological polar surface area (TPSA) is 63.4 Å². The molecule has 21 heavy (non-hydrogen) atoms. The SMILES string of the molecule is CCCN(CC(C)(C)CN)S(=O)(=O)c1cc(Br)ccc1Br. The van der Waals surface area contributed by atoms with Gasteiger partial charge >= 0.3 is 0 Å². The first-order valence-electron chi connectivity index (χ1n) is 6.79. The Morgan fingerprint density at radius 3 is 2.43 bits per heavy atom. The summed E-state index contributed by atoms with van der Waals surface area (Å²) in [6, 6.07) is 5.16. The third-order valence-electron chi connectivity index (χ3n) is 3.14. The number of hydrogen-bond acceptors (Lipinski definition) is 3. The van der Waals surface area contributed by atoms with Crippen molar-refractivity contribution in [3.63, 3.8) is 0 Å². The summed E-state index contributed by atoms with van der Waals surface area (Å²) in [6.45, 7) is 7.22. The molecule has 120 valence electrons. The van der Waals surface area contributed by atoms with Gasteiger partial charge in [-0.1, -0.05) is 36.7 Å². The van der Waals surface area contributed by atoms with Crippen LogP contribution in [0.2, 0.25) is 0 Å². The molecule has 1 aromatic rings. The zero-order valence-electron chi connectivity index (χ0n) is 12.6. The molecule has 0 saturated carbocycles. The van der Waals surface area contributed by atoms with E-state index < -0.39 is 10.0 Å². The first kappa shape index (κ1) is 19.1. The van der Waals surface area contributed by atoms with Gasteiger partial charge in [0.25, 0.3) is 0 Å². The van der Waals surface area contributed by atoms with E-state index in [4.69, 9.17) is 5.73 Å². The number of nitrogens with zero attached hydrogens (tertiary/aromatic N) is 1. The quantitative estimate of drug-likeness (QED) is 0.702. The second-order valence-electron chi connectivity index (χ2n) is 5.78. The van der Waals surface area contributed by atoms with Crippen molar-refractivity contribution < 1.29 is 8.42 Å². The Morgan fingerprint density at radius 2 is 1.90 bits per heavy atom. The summed E-state index contributed by atoms with van der Waals surface area (Å²) in [5.74, 6) is 0. The molecule has 1 rings (SSSR count). The molecule has 0 bridgehead atoms. The second-order valence-corrected chi connectivity index (χ2v) is 9.46. The van der Waals surface area contributed by atoms with Crippen molar-refractivity contribution in [1.82, 2.24) is 4.31 Å². The van der Waals surface area contributed by atoms with Gasteiger partial charge in [0.05, 0.1) is 4.90 Å². The minimum Gasteiger partial charge on any atom is -0.330 e. The number of hydrogen-bond donors (Lipinski definition) is 1. The van der Waals surface area contributed by atoms with Crippen molar-refractivity contribution in [2.45, 2.75) is 32.1 Å². The van der Waals surface area contributed by atoms with Crippen LogP contribution in [0.1, 0.15) is 27.2 Å². The predicted octanol–water partition coefficient (Wildman–Crippen LogP) is 3.60. The fourth-order valence-corrected chi connectivity index (χ4v) is 5.07. The Hall–Kier alpha value is 0.0500. The van der Waals surface area contributed by atoms with Gasteiger partial charge in [-0.05, 0) is 52.5 Å². The molecule has 0 aromatic heterocycles. The average Bonchev–Trinajstić information content (AvgIpc) is 2.40. The van der Waals surface area contributed by atoms with Gasteiger partial charge < -0.3 is 5.73 Å². The molecule has 0 heterocycles. The Balaban J connectivity index is 3.25. The Labute approximate surface area is 144 Å². The molecule has 4 nitrogen and oxygen atoms in total. The largest absolute Gasteiger partial charge is 0.330 e. The fraction of sp³-hybridized carbons (Fsp3) is 0.571. The molecule has 0 saturated heterocycles. The van der Waals surface area contributed by atoms with Crippen LogP contribution in [0.5, 0.6) is 0 Å². The molecule has 0 amide bonds. The summed E-state index contributed by atoms with van der Waals surface area (Å²) < 4.78 is 28.7. The average molecular weight is 442 g/mol. The minimum atomic E-state index is -3.56. The van der Waals surface area contributed by atoms with Crippen LogP contribution in [-0.2, 0) is 10.0 Å². The van der Waals surface area contributed by atoms with Crippen LogP contribution in [-0.4, -0.2) is 32.4 Å². The van der Waals surface area contributed by atoms with Crippen LogP contribution >= 0.6 is 31.9 Å². The van der Waals surface area contributed by atoms with E-state index in [1.165, 1.54) is 4.31 Å². The van der Waals surface area contributed by atoms with E-state index in [1.807, 2.05) is 20.8 Å². The maximum Gasteiger partial charge on any atom is 0.244 e. The monoisotopic (exact) mass is 440 g/mol. The maximum absolute atomic E-state index is 12.9. The molecule has 0 aliphatic carbocycles. The Morgan fingerprint density at radius 1 is 1.29 bits per heavy atom. The minimum absolute atomic E-state index is 0.263. The van der Waals surface area contributed by atoms with Crippen LogP contribution in [0.15, 0.2) is 32.0 Å². The van der Waals surface area contributed by atoms with Gasteiger partial charge in [0, 0.05) is 22.0 Å². The lowest BCUT2D eigenvalue weighted by Gasteiger charge is -2.31. The van der Waals surface area contributed by atoms with Crippen LogP contribution < -0.4 is 5.73 Å². The molecule has 0 fully saturated rings. The van der Waals surface area contributed by atoms with Crippen LogP contribution in [0.25, 0.3) is 0 Å². The summed E-state index contributed by atoms with van der Waals surface area (Å²) >= 11 is 6.66. The summed E-state index contributed by atoms with van der Waals surface area (Å²) in [5.41, 5.74) is 5.49. The highest BCUT2D eigenvalue weighted by molar-refractivity contribution is 9.11. The number of rotatable bonds is 7. The van der Waals surface area contributed by atoms with Crippen LogP contribution in [0, 0.1) is 5.41 Å². The molecular formula is C14H22Br2N2O2S. The first-order valence-corrected chi connectivity index (χ1v) is 9.82. The van der Waals surface area contributed by atoms with Crippen molar-refractivity contribution in [2.24, 2.45) is 11.1 Å². The van der Waals surface area contributed by atoms with E-state index in [0.717, 1.165) is 10.9 Å². The van der Waals surface area contributed by atoms with Crippen molar-refractivity contribution in [1.29, 1.82) is 0 Å². The van der Waals surface area contributed by atoms with Gasteiger partial charge in [-0.3, -0.25) is 0 Å². The summed E-state index contributed by atoms with van der Waals surface area (Å²) in [5, 5.41) is 0. The zero-order chi connectivity index (χ0) is 16.3. The highest BCUT2D eigenvalue weighted by Gasteiger charge is 2.31. The molecule has 0 aliphatic heterocycles. The molecular weight excluding hydrogens is 420 g/mol. The van der Waals surface area contributed by atoms with Crippen LogP contribution in [0.4, 0.5) is 0 Å². The van der Waals surface area contributed by atoms with Crippen molar-refractivity contribution in [2.75, 3.05) is 19.6 Å². The fourth-order valence-electron chi connectivity index (χ4n) is 1.89. The van der Waals surface area contributed by atoms with E-state index >= 15 is 0 Å². The van der Waals surface area contributed by atoms with Crippen LogP contribution in [0.3, 0.4) is 0 Å². The number of nitrogens with two attached hydrogens (primary N) is 1. The summed E-state index contributed by atoms with van der Waals surface area (Å²) in [4.78, 5) is 0.276. The first-order chi connectivity index (χ1) is 9.64. The van der Waals surface area contributed by atoms with Gasteiger partial charge in [-0.2, -0.15) is 4.31 Å². The van der Waals surface area contributed by atoms with E-state index in [1.54, 1.807) is 18.2 Å². The molecule has 0 aliphatic rings. The van der Waals surface area contributed by atoms with Crippen molar-refractivity contribution in [3.8, 4) is 0 Å². The van der Waals surface area contributed by atoms with Gasteiger partial charge in [0.15, 0.2) is 0 Å². The lowest BCUT2D eigenvalue weighted by atomic mass is 9.94. The number of sulfonamides is 1. The van der Waals surface area contributed by atoms with Crippen molar-refractivity contribution in [3.05, 3.63) is 27.1 Å². The lowest BCUT2D eigenvalue weighted by Crippen LogP contribution is -2.42. The molecule has 2 N–H and O–H groups in total. The van der Waals surface area contributed by atoms with Gasteiger partial charge in [0.2, 0.25) is 10.0 Å². The standard InChI is InChI=1S/C14H22Br2N2O2S/c1-4-7-18(10-14(2,3)9-17)21(19,20)13-8-11(15)5-6-12(13)16/h5-6,8H,4,7,9-10,17H2,1-3H3. The third-order valence-corrected chi connectivity index (χ3v) is 6.47.